The van der Waals surface area contributed by atoms with Crippen LogP contribution in [0.25, 0.3) is 0 Å². The Morgan fingerprint density at radius 3 is 2.81 bits per heavy atom. The largest absolute Gasteiger partial charge is 0.632 e. The molecule has 21 heavy (non-hydrogen) atoms. The number of hydrogen-bond donors (Lipinski definition) is 0. The minimum atomic E-state index is -0.284. The van der Waals surface area contributed by atoms with Crippen LogP contribution in [0.15, 0.2) is 48.5 Å². The second-order valence-corrected chi connectivity index (χ2v) is 5.92. The van der Waals surface area contributed by atoms with E-state index < -0.39 is 0 Å². The van der Waals surface area contributed by atoms with E-state index in [1.54, 1.807) is 0 Å². The Labute approximate surface area is 129 Å². The highest BCUT2D eigenvalue weighted by molar-refractivity contribution is 6.30. The van der Waals surface area contributed by atoms with E-state index in [1.807, 2.05) is 55.5 Å². The number of halogens is 1. The van der Waals surface area contributed by atoms with Crippen molar-refractivity contribution in [2.75, 3.05) is 13.1 Å². The summed E-state index contributed by atoms with van der Waals surface area (Å²) in [7, 11) is 0. The van der Waals surface area contributed by atoms with Gasteiger partial charge in [0.25, 0.3) is 0 Å². The van der Waals surface area contributed by atoms with E-state index in [0.29, 0.717) is 24.7 Å². The van der Waals surface area contributed by atoms with Crippen molar-refractivity contribution in [1.29, 1.82) is 0 Å². The van der Waals surface area contributed by atoms with Gasteiger partial charge in [-0.25, -0.2) is 0 Å². The molecule has 0 amide bonds. The quantitative estimate of drug-likeness (QED) is 0.612. The van der Waals surface area contributed by atoms with E-state index in [0.717, 1.165) is 16.9 Å². The van der Waals surface area contributed by atoms with Crippen molar-refractivity contribution in [2.45, 2.75) is 19.6 Å². The molecule has 2 aromatic rings. The van der Waals surface area contributed by atoms with Gasteiger partial charge in [-0.2, -0.15) is 0 Å². The first-order valence-electron chi connectivity index (χ1n) is 7.17. The number of nitrogens with zero attached hydrogens (tertiary/aromatic N) is 1. The van der Waals surface area contributed by atoms with Gasteiger partial charge in [-0.05, 0) is 36.8 Å². The van der Waals surface area contributed by atoms with E-state index >= 15 is 0 Å². The van der Waals surface area contributed by atoms with Crippen LogP contribution < -0.4 is 4.74 Å². The Kier molecular flexibility index (Phi) is 3.89. The predicted octanol–water partition coefficient (Wildman–Crippen LogP) is 4.31. The summed E-state index contributed by atoms with van der Waals surface area (Å²) < 4.78 is 5.84. The minimum absolute atomic E-state index is 0.273. The van der Waals surface area contributed by atoms with Gasteiger partial charge in [0.1, 0.15) is 18.8 Å². The number of likely N-dealkylation sites (N-methyl/N-ethyl adjacent to an activating group) is 1. The van der Waals surface area contributed by atoms with Crippen molar-refractivity contribution in [3.63, 3.8) is 0 Å². The summed E-state index contributed by atoms with van der Waals surface area (Å²) in [6, 6.07) is 15.3. The zero-order valence-electron chi connectivity index (χ0n) is 12.0. The molecule has 0 aliphatic carbocycles. The average Bonchev–Trinajstić information content (AvgIpc) is 2.63. The lowest BCUT2D eigenvalue weighted by molar-refractivity contribution is -0.894. The van der Waals surface area contributed by atoms with Crippen molar-refractivity contribution in [3.8, 4) is 5.75 Å². The number of para-hydroxylation sites is 1. The SMILES string of the molecule is CC[N+]1([O-])Cc2ccccc2OC(c2cccc(Cl)c2)C1. The highest BCUT2D eigenvalue weighted by Crippen LogP contribution is 2.34. The average molecular weight is 304 g/mol. The standard InChI is InChI=1S/C17H18ClNO2/c1-2-19(20)11-14-6-3-4-9-16(14)21-17(12-19)13-7-5-8-15(18)10-13/h3-10,17H,2,11-12H2,1H3. The number of hydrogen-bond acceptors (Lipinski definition) is 2. The maximum atomic E-state index is 13.0. The van der Waals surface area contributed by atoms with Gasteiger partial charge < -0.3 is 14.6 Å². The number of hydroxylamine groups is 3. The van der Waals surface area contributed by atoms with Crippen LogP contribution in [0.2, 0.25) is 5.02 Å². The Hall–Kier alpha value is -1.55. The van der Waals surface area contributed by atoms with Gasteiger partial charge in [0, 0.05) is 10.6 Å². The molecule has 1 heterocycles. The molecule has 0 fully saturated rings. The lowest BCUT2D eigenvalue weighted by Crippen LogP contribution is -2.43. The maximum Gasteiger partial charge on any atom is 0.173 e. The molecule has 110 valence electrons. The van der Waals surface area contributed by atoms with Gasteiger partial charge in [0.05, 0.1) is 6.54 Å². The van der Waals surface area contributed by atoms with E-state index in [-0.39, 0.29) is 10.8 Å². The van der Waals surface area contributed by atoms with Gasteiger partial charge in [-0.1, -0.05) is 35.9 Å². The van der Waals surface area contributed by atoms with E-state index in [2.05, 4.69) is 0 Å². The van der Waals surface area contributed by atoms with Crippen LogP contribution in [-0.4, -0.2) is 17.7 Å². The van der Waals surface area contributed by atoms with Crippen molar-refractivity contribution < 1.29 is 9.38 Å². The third-order valence-corrected chi connectivity index (χ3v) is 4.23. The molecule has 0 saturated heterocycles. The molecule has 1 aliphatic heterocycles. The first-order chi connectivity index (χ1) is 10.1. The zero-order valence-corrected chi connectivity index (χ0v) is 12.7. The summed E-state index contributed by atoms with van der Waals surface area (Å²) in [5, 5.41) is 13.6. The Balaban J connectivity index is 2.02. The molecule has 4 heteroatoms. The zero-order chi connectivity index (χ0) is 14.9. The fourth-order valence-electron chi connectivity index (χ4n) is 2.74. The highest BCUT2D eigenvalue weighted by Gasteiger charge is 2.30. The summed E-state index contributed by atoms with van der Waals surface area (Å²) in [5.74, 6) is 0.798. The van der Waals surface area contributed by atoms with Crippen LogP contribution in [0.3, 0.4) is 0 Å². The van der Waals surface area contributed by atoms with Gasteiger partial charge in [-0.3, -0.25) is 0 Å². The molecule has 0 bridgehead atoms. The van der Waals surface area contributed by atoms with Crippen LogP contribution in [0, 0.1) is 5.21 Å². The topological polar surface area (TPSA) is 32.3 Å². The molecule has 0 radical (unpaired) electrons. The van der Waals surface area contributed by atoms with Gasteiger partial charge in [-0.15, -0.1) is 0 Å². The Morgan fingerprint density at radius 2 is 2.05 bits per heavy atom. The fraction of sp³-hybridized carbons (Fsp3) is 0.294. The maximum absolute atomic E-state index is 13.0. The van der Waals surface area contributed by atoms with Crippen LogP contribution in [-0.2, 0) is 6.54 Å². The van der Waals surface area contributed by atoms with Crippen LogP contribution in [0.4, 0.5) is 0 Å². The number of benzene rings is 2. The Morgan fingerprint density at radius 1 is 1.24 bits per heavy atom. The second kappa shape index (κ2) is 5.68. The molecule has 0 spiro atoms. The van der Waals surface area contributed by atoms with Gasteiger partial charge >= 0.3 is 0 Å². The van der Waals surface area contributed by atoms with Gasteiger partial charge in [0.2, 0.25) is 0 Å². The first kappa shape index (κ1) is 14.4. The van der Waals surface area contributed by atoms with Crippen molar-refractivity contribution in [1.82, 2.24) is 0 Å². The minimum Gasteiger partial charge on any atom is -0.632 e. The molecule has 0 N–H and O–H groups in total. The molecular formula is C17H18ClNO2. The van der Waals surface area contributed by atoms with Crippen molar-refractivity contribution in [3.05, 3.63) is 69.9 Å². The fourth-order valence-corrected chi connectivity index (χ4v) is 2.94. The molecule has 2 aromatic carbocycles. The molecule has 2 atom stereocenters. The molecule has 3 rings (SSSR count). The summed E-state index contributed by atoms with van der Waals surface area (Å²) in [5.41, 5.74) is 1.92. The molecule has 2 unspecified atom stereocenters. The van der Waals surface area contributed by atoms with Crippen LogP contribution in [0.5, 0.6) is 5.75 Å². The van der Waals surface area contributed by atoms with Gasteiger partial charge in [0.15, 0.2) is 6.10 Å². The second-order valence-electron chi connectivity index (χ2n) is 5.48. The predicted molar refractivity (Wildman–Crippen MR) is 84.0 cm³/mol. The smallest absolute Gasteiger partial charge is 0.173 e. The normalized spacial score (nSPS) is 24.8. The number of fused-ring (bicyclic) bond motifs is 1. The lowest BCUT2D eigenvalue weighted by atomic mass is 10.1. The summed E-state index contributed by atoms with van der Waals surface area (Å²) in [6.07, 6.45) is -0.273. The first-order valence-corrected chi connectivity index (χ1v) is 7.54. The number of ether oxygens (including phenoxy) is 1. The van der Waals surface area contributed by atoms with E-state index in [4.69, 9.17) is 16.3 Å². The molecule has 0 aromatic heterocycles. The highest BCUT2D eigenvalue weighted by atomic mass is 35.5. The molecule has 0 saturated carbocycles. The Bertz CT molecular complexity index is 646. The third kappa shape index (κ3) is 3.05. The molecule has 3 nitrogen and oxygen atoms in total. The summed E-state index contributed by atoms with van der Waals surface area (Å²) in [4.78, 5) is 0. The summed E-state index contributed by atoms with van der Waals surface area (Å²) >= 11 is 6.07. The van der Waals surface area contributed by atoms with Crippen LogP contribution >= 0.6 is 11.6 Å². The third-order valence-electron chi connectivity index (χ3n) is 4.00. The molecular weight excluding hydrogens is 286 g/mol. The monoisotopic (exact) mass is 303 g/mol. The van der Waals surface area contributed by atoms with Crippen LogP contribution in [0.1, 0.15) is 24.2 Å². The van der Waals surface area contributed by atoms with E-state index in [1.165, 1.54) is 0 Å². The van der Waals surface area contributed by atoms with Crippen molar-refractivity contribution in [2.24, 2.45) is 0 Å². The van der Waals surface area contributed by atoms with E-state index in [9.17, 15) is 5.21 Å². The lowest BCUT2D eigenvalue weighted by Gasteiger charge is -2.42. The summed E-state index contributed by atoms with van der Waals surface area (Å²) in [6.45, 7) is 3.29. The number of quaternary nitrogens is 1. The van der Waals surface area contributed by atoms with Crippen molar-refractivity contribution >= 4 is 11.6 Å². The molecule has 1 aliphatic rings. The number of rotatable bonds is 2.